The Bertz CT molecular complexity index is 1180. The first-order valence-electron chi connectivity index (χ1n) is 14.2. The van der Waals surface area contributed by atoms with Gasteiger partial charge in [0.1, 0.15) is 24.6 Å². The molecule has 12 atom stereocenters. The topological polar surface area (TPSA) is 121 Å². The van der Waals surface area contributed by atoms with Crippen molar-refractivity contribution in [3.63, 3.8) is 0 Å². The van der Waals surface area contributed by atoms with Gasteiger partial charge < -0.3 is 38.7 Å². The second kappa shape index (κ2) is 7.36. The van der Waals surface area contributed by atoms with Crippen molar-refractivity contribution in [2.24, 2.45) is 22.7 Å². The number of hydrogen-bond acceptors (Lipinski definition) is 9. The first-order valence-corrected chi connectivity index (χ1v) is 14.2. The Kier molecular flexibility index (Phi) is 4.69. The molecule has 9 rings (SSSR count). The molecule has 206 valence electrons. The maximum absolute atomic E-state index is 13.1. The number of aliphatic hydroxyl groups excluding tert-OH is 1. The van der Waals surface area contributed by atoms with E-state index in [9.17, 15) is 19.8 Å². The third kappa shape index (κ3) is 2.56. The molecular formula is C29H36O9. The van der Waals surface area contributed by atoms with Crippen molar-refractivity contribution in [2.75, 3.05) is 6.61 Å². The van der Waals surface area contributed by atoms with Crippen molar-refractivity contribution in [3.8, 4) is 0 Å². The zero-order valence-corrected chi connectivity index (χ0v) is 21.9. The summed E-state index contributed by atoms with van der Waals surface area (Å²) in [6.45, 7) is 4.46. The molecule has 2 bridgehead atoms. The lowest BCUT2D eigenvalue weighted by atomic mass is 9.42. The Hall–Kier alpha value is -1.62. The normalized spacial score (nSPS) is 58.1. The Labute approximate surface area is 221 Å². The molecule has 0 aromatic rings. The highest BCUT2D eigenvalue weighted by Crippen LogP contribution is 2.79. The molecule has 3 saturated carbocycles. The number of carbonyl (C=O) groups is 2. The van der Waals surface area contributed by atoms with Crippen LogP contribution >= 0.6 is 0 Å². The summed E-state index contributed by atoms with van der Waals surface area (Å²) in [5, 5.41) is 22.0. The summed E-state index contributed by atoms with van der Waals surface area (Å²) >= 11 is 0. The lowest BCUT2D eigenvalue weighted by molar-refractivity contribution is -0.454. The van der Waals surface area contributed by atoms with Crippen LogP contribution in [-0.4, -0.2) is 76.8 Å². The lowest BCUT2D eigenvalue weighted by Gasteiger charge is -2.72. The molecule has 38 heavy (non-hydrogen) atoms. The van der Waals surface area contributed by atoms with E-state index in [-0.39, 0.29) is 47.4 Å². The molecular weight excluding hydrogens is 492 g/mol. The molecule has 1 spiro atoms. The molecule has 9 nitrogen and oxygen atoms in total. The molecule has 9 aliphatic rings. The van der Waals surface area contributed by atoms with Crippen molar-refractivity contribution in [1.82, 2.24) is 0 Å². The SMILES string of the molecule is C[C@@H]1C[C@H](O)[C@]2(O)O[C@@H]3C[C@@]4(C=O)C(=CC[C@@H]5[C@@H]4CC[C@@]4(C)[C@]56CC[C@]4(C4=CC(=O)OC4)O6)C[C@H]3O[C@@H]2O1. The van der Waals surface area contributed by atoms with Crippen LogP contribution in [0.5, 0.6) is 0 Å². The van der Waals surface area contributed by atoms with E-state index in [0.717, 1.165) is 49.5 Å². The van der Waals surface area contributed by atoms with Crippen LogP contribution in [0.1, 0.15) is 65.2 Å². The molecule has 4 aliphatic carbocycles. The van der Waals surface area contributed by atoms with Gasteiger partial charge >= 0.3 is 5.97 Å². The van der Waals surface area contributed by atoms with Gasteiger partial charge in [-0.1, -0.05) is 18.6 Å². The van der Waals surface area contributed by atoms with E-state index in [1.807, 2.05) is 6.92 Å². The van der Waals surface area contributed by atoms with Gasteiger partial charge in [0.05, 0.1) is 29.3 Å². The van der Waals surface area contributed by atoms with E-state index >= 15 is 0 Å². The van der Waals surface area contributed by atoms with Gasteiger partial charge in [0.15, 0.2) is 0 Å². The molecule has 0 unspecified atom stereocenters. The number of esters is 1. The number of ether oxygens (including phenoxy) is 5. The average Bonchev–Trinajstić information content (AvgIpc) is 3.57. The van der Waals surface area contributed by atoms with Crippen LogP contribution in [0.25, 0.3) is 0 Å². The summed E-state index contributed by atoms with van der Waals surface area (Å²) in [5.74, 6) is -1.98. The van der Waals surface area contributed by atoms with E-state index in [1.54, 1.807) is 6.08 Å². The van der Waals surface area contributed by atoms with Crippen molar-refractivity contribution < 1.29 is 43.5 Å². The van der Waals surface area contributed by atoms with Gasteiger partial charge in [-0.25, -0.2) is 4.79 Å². The number of carbonyl (C=O) groups excluding carboxylic acids is 2. The van der Waals surface area contributed by atoms with Crippen molar-refractivity contribution >= 4 is 12.3 Å². The molecule has 5 heterocycles. The number of rotatable bonds is 2. The maximum Gasteiger partial charge on any atom is 0.331 e. The van der Waals surface area contributed by atoms with Crippen molar-refractivity contribution in [3.05, 3.63) is 23.3 Å². The van der Waals surface area contributed by atoms with Crippen LogP contribution < -0.4 is 0 Å². The molecule has 0 aromatic heterocycles. The molecule has 7 fully saturated rings. The van der Waals surface area contributed by atoms with Gasteiger partial charge in [-0.2, -0.15) is 0 Å². The minimum Gasteiger partial charge on any atom is -0.458 e. The van der Waals surface area contributed by atoms with Gasteiger partial charge in [-0.05, 0) is 63.7 Å². The fourth-order valence-electron chi connectivity index (χ4n) is 10.3. The smallest absolute Gasteiger partial charge is 0.331 e. The second-order valence-electron chi connectivity index (χ2n) is 13.3. The Morgan fingerprint density at radius 2 is 1.95 bits per heavy atom. The summed E-state index contributed by atoms with van der Waals surface area (Å²) in [4.78, 5) is 25.0. The van der Waals surface area contributed by atoms with Crippen molar-refractivity contribution in [1.29, 1.82) is 0 Å². The molecule has 0 radical (unpaired) electrons. The summed E-state index contributed by atoms with van der Waals surface area (Å²) < 4.78 is 30.5. The summed E-state index contributed by atoms with van der Waals surface area (Å²) in [5.41, 5.74) is 0.430. The Balaban J connectivity index is 1.12. The van der Waals surface area contributed by atoms with Crippen LogP contribution in [0.3, 0.4) is 0 Å². The highest BCUT2D eigenvalue weighted by Gasteiger charge is 2.83. The fraction of sp³-hybridized carbons (Fsp3) is 0.793. The summed E-state index contributed by atoms with van der Waals surface area (Å²) in [6, 6.07) is 0. The number of aldehydes is 1. The molecule has 4 saturated heterocycles. The summed E-state index contributed by atoms with van der Waals surface area (Å²) in [7, 11) is 0. The first kappa shape index (κ1) is 24.2. The number of aliphatic hydroxyl groups is 2. The minimum absolute atomic E-state index is 0.0871. The van der Waals surface area contributed by atoms with Gasteiger partial charge in [0.25, 0.3) is 0 Å². The van der Waals surface area contributed by atoms with E-state index in [4.69, 9.17) is 23.7 Å². The quantitative estimate of drug-likeness (QED) is 0.315. The van der Waals surface area contributed by atoms with Crippen LogP contribution in [0.2, 0.25) is 0 Å². The molecule has 0 amide bonds. The molecule has 5 aliphatic heterocycles. The lowest BCUT2D eigenvalue weighted by Crippen LogP contribution is -2.76. The van der Waals surface area contributed by atoms with E-state index in [2.05, 4.69) is 13.0 Å². The zero-order valence-electron chi connectivity index (χ0n) is 21.9. The first-order chi connectivity index (χ1) is 18.1. The van der Waals surface area contributed by atoms with E-state index in [1.165, 1.54) is 0 Å². The highest BCUT2D eigenvalue weighted by atomic mass is 16.8. The van der Waals surface area contributed by atoms with Gasteiger partial charge in [-0.3, -0.25) is 0 Å². The van der Waals surface area contributed by atoms with Crippen LogP contribution in [-0.2, 0) is 33.3 Å². The van der Waals surface area contributed by atoms with Crippen LogP contribution in [0.4, 0.5) is 0 Å². The highest BCUT2D eigenvalue weighted by molar-refractivity contribution is 5.86. The van der Waals surface area contributed by atoms with Gasteiger partial charge in [0.2, 0.25) is 12.1 Å². The number of hydrogen-bond donors (Lipinski definition) is 2. The summed E-state index contributed by atoms with van der Waals surface area (Å²) in [6.07, 6.45) is 7.21. The minimum atomic E-state index is -1.95. The van der Waals surface area contributed by atoms with Gasteiger partial charge in [-0.15, -0.1) is 0 Å². The fourth-order valence-corrected chi connectivity index (χ4v) is 10.3. The Morgan fingerprint density at radius 1 is 1.11 bits per heavy atom. The number of fused-ring (bicyclic) bond motifs is 6. The van der Waals surface area contributed by atoms with Crippen LogP contribution in [0, 0.1) is 22.7 Å². The monoisotopic (exact) mass is 528 g/mol. The number of allylic oxidation sites excluding steroid dienone is 1. The van der Waals surface area contributed by atoms with Crippen molar-refractivity contribution in [2.45, 2.75) is 113 Å². The predicted octanol–water partition coefficient (Wildman–Crippen LogP) is 2.08. The third-order valence-electron chi connectivity index (χ3n) is 12.1. The van der Waals surface area contributed by atoms with Gasteiger partial charge in [0, 0.05) is 23.5 Å². The molecule has 9 heteroatoms. The predicted molar refractivity (Wildman–Crippen MR) is 129 cm³/mol. The number of cyclic esters (lactones) is 1. The zero-order chi connectivity index (χ0) is 26.3. The second-order valence-corrected chi connectivity index (χ2v) is 13.3. The molecule has 0 aromatic carbocycles. The van der Waals surface area contributed by atoms with E-state index in [0.29, 0.717) is 19.4 Å². The third-order valence-corrected chi connectivity index (χ3v) is 12.1. The molecule has 2 N–H and O–H groups in total. The average molecular weight is 529 g/mol. The van der Waals surface area contributed by atoms with Crippen LogP contribution in [0.15, 0.2) is 23.3 Å². The Morgan fingerprint density at radius 3 is 2.71 bits per heavy atom. The standard InChI is InChI=1S/C29H36O9/c1-15-9-22(31)29(33)24(35-15)36-20-10-16-3-4-19-18(26(16,14-30)12-21(20)37-29)5-6-25(2)27(7-8-28(19,25)38-27)17-11-23(32)34-13-17/h3,11,14-15,18-22,24,31,33H,4-10,12-13H2,1-2H3/t15-,18+,19-,20-,21-,22+,24+,25-,26-,27-,28+,29+/m1/s1. The maximum atomic E-state index is 13.1. The van der Waals surface area contributed by atoms with E-state index < -0.39 is 35.3 Å². The largest absolute Gasteiger partial charge is 0.458 e.